The molecule has 0 saturated carbocycles. The van der Waals surface area contributed by atoms with Gasteiger partial charge in [0.2, 0.25) is 0 Å². The van der Waals surface area contributed by atoms with E-state index in [2.05, 4.69) is 36.9 Å². The zero-order valence-corrected chi connectivity index (χ0v) is 13.3. The summed E-state index contributed by atoms with van der Waals surface area (Å²) in [5.41, 5.74) is 9.00. The number of hydrogen-bond acceptors (Lipinski definition) is 3. The molecule has 21 heavy (non-hydrogen) atoms. The molecule has 116 valence electrons. The molecule has 0 amide bonds. The lowest BCUT2D eigenvalue weighted by atomic mass is 9.89. The van der Waals surface area contributed by atoms with Crippen molar-refractivity contribution in [3.63, 3.8) is 0 Å². The van der Waals surface area contributed by atoms with Gasteiger partial charge in [-0.25, -0.2) is 0 Å². The minimum atomic E-state index is 0.193. The zero-order chi connectivity index (χ0) is 15.4. The molecule has 1 atom stereocenters. The van der Waals surface area contributed by atoms with Gasteiger partial charge in [0.15, 0.2) is 5.84 Å². The predicted octanol–water partition coefficient (Wildman–Crippen LogP) is 3.35. The fourth-order valence-corrected chi connectivity index (χ4v) is 3.35. The van der Waals surface area contributed by atoms with Gasteiger partial charge in [-0.15, -0.1) is 0 Å². The third kappa shape index (κ3) is 3.49. The van der Waals surface area contributed by atoms with Crippen LogP contribution >= 0.6 is 0 Å². The van der Waals surface area contributed by atoms with Crippen LogP contribution in [0.15, 0.2) is 23.4 Å². The number of anilines is 1. The summed E-state index contributed by atoms with van der Waals surface area (Å²) >= 11 is 0. The highest BCUT2D eigenvalue weighted by atomic mass is 16.4. The number of para-hydroxylation sites is 1. The second kappa shape index (κ2) is 6.83. The minimum Gasteiger partial charge on any atom is -0.409 e. The normalized spacial score (nSPS) is 20.7. The van der Waals surface area contributed by atoms with Gasteiger partial charge in [0, 0.05) is 18.7 Å². The fraction of sp³-hybridized carbons (Fsp3) is 0.588. The topological polar surface area (TPSA) is 61.9 Å². The molecule has 1 heterocycles. The Labute approximate surface area is 127 Å². The van der Waals surface area contributed by atoms with E-state index in [-0.39, 0.29) is 5.84 Å². The number of hydrogen-bond donors (Lipinski definition) is 2. The van der Waals surface area contributed by atoms with Crippen LogP contribution in [0.25, 0.3) is 0 Å². The molecular formula is C17H27N3O. The quantitative estimate of drug-likeness (QED) is 0.388. The van der Waals surface area contributed by atoms with Crippen molar-refractivity contribution in [3.8, 4) is 0 Å². The Morgan fingerprint density at radius 1 is 1.33 bits per heavy atom. The average Bonchev–Trinajstić information content (AvgIpc) is 2.72. The van der Waals surface area contributed by atoms with Gasteiger partial charge < -0.3 is 15.8 Å². The molecule has 1 aromatic carbocycles. The molecule has 3 N–H and O–H groups in total. The predicted molar refractivity (Wildman–Crippen MR) is 88.1 cm³/mol. The SMILES string of the molecule is Cc1cccc(/C(N)=N/O)c1N1CCCC(C(C)C)CC1. The molecule has 0 spiro atoms. The van der Waals surface area contributed by atoms with E-state index in [9.17, 15) is 0 Å². The number of oxime groups is 1. The van der Waals surface area contributed by atoms with Crippen LogP contribution in [0.3, 0.4) is 0 Å². The van der Waals surface area contributed by atoms with Crippen LogP contribution < -0.4 is 10.6 Å². The van der Waals surface area contributed by atoms with E-state index in [4.69, 9.17) is 10.9 Å². The molecule has 1 aromatic rings. The molecular weight excluding hydrogens is 262 g/mol. The summed E-state index contributed by atoms with van der Waals surface area (Å²) in [5, 5.41) is 12.2. The number of aryl methyl sites for hydroxylation is 1. The van der Waals surface area contributed by atoms with Crippen molar-refractivity contribution in [1.82, 2.24) is 0 Å². The van der Waals surface area contributed by atoms with Gasteiger partial charge in [-0.05, 0) is 49.7 Å². The highest BCUT2D eigenvalue weighted by Gasteiger charge is 2.22. The van der Waals surface area contributed by atoms with Crippen molar-refractivity contribution in [3.05, 3.63) is 29.3 Å². The van der Waals surface area contributed by atoms with Crippen molar-refractivity contribution in [2.75, 3.05) is 18.0 Å². The van der Waals surface area contributed by atoms with Crippen LogP contribution in [0.5, 0.6) is 0 Å². The maximum Gasteiger partial charge on any atom is 0.172 e. The van der Waals surface area contributed by atoms with Gasteiger partial charge in [0.1, 0.15) is 0 Å². The molecule has 1 aliphatic rings. The summed E-state index contributed by atoms with van der Waals surface area (Å²) in [5.74, 6) is 1.73. The Kier molecular flexibility index (Phi) is 5.10. The highest BCUT2D eigenvalue weighted by Crippen LogP contribution is 2.31. The number of benzene rings is 1. The molecule has 2 rings (SSSR count). The molecule has 1 saturated heterocycles. The first-order valence-electron chi connectivity index (χ1n) is 7.87. The molecule has 1 unspecified atom stereocenters. The Bertz CT molecular complexity index is 511. The molecule has 0 bridgehead atoms. The van der Waals surface area contributed by atoms with E-state index >= 15 is 0 Å². The summed E-state index contributed by atoms with van der Waals surface area (Å²) in [4.78, 5) is 2.41. The van der Waals surface area contributed by atoms with Crippen LogP contribution in [0, 0.1) is 18.8 Å². The van der Waals surface area contributed by atoms with E-state index in [1.165, 1.54) is 24.8 Å². The third-order valence-electron chi connectivity index (χ3n) is 4.65. The summed E-state index contributed by atoms with van der Waals surface area (Å²) in [7, 11) is 0. The standard InChI is InChI=1S/C17H27N3O/c1-12(2)14-7-5-10-20(11-9-14)16-13(3)6-4-8-15(16)17(18)19-21/h4,6,8,12,14,21H,5,7,9-11H2,1-3H3,(H2,18,19). The molecule has 0 aliphatic carbocycles. The lowest BCUT2D eigenvalue weighted by Crippen LogP contribution is -2.28. The number of amidine groups is 1. The minimum absolute atomic E-state index is 0.193. The summed E-state index contributed by atoms with van der Waals surface area (Å²) in [6.45, 7) is 8.80. The average molecular weight is 289 g/mol. The maximum atomic E-state index is 9.02. The summed E-state index contributed by atoms with van der Waals surface area (Å²) in [6, 6.07) is 5.98. The van der Waals surface area contributed by atoms with Crippen LogP contribution in [0.2, 0.25) is 0 Å². The van der Waals surface area contributed by atoms with Crippen molar-refractivity contribution in [2.45, 2.75) is 40.0 Å². The zero-order valence-electron chi connectivity index (χ0n) is 13.3. The van der Waals surface area contributed by atoms with E-state index in [0.717, 1.165) is 36.2 Å². The van der Waals surface area contributed by atoms with Gasteiger partial charge >= 0.3 is 0 Å². The van der Waals surface area contributed by atoms with Crippen LogP contribution in [-0.2, 0) is 0 Å². The second-order valence-electron chi connectivity index (χ2n) is 6.38. The van der Waals surface area contributed by atoms with Crippen molar-refractivity contribution >= 4 is 11.5 Å². The first kappa shape index (κ1) is 15.7. The van der Waals surface area contributed by atoms with E-state index < -0.39 is 0 Å². The van der Waals surface area contributed by atoms with E-state index in [1.54, 1.807) is 0 Å². The lowest BCUT2D eigenvalue weighted by Gasteiger charge is -2.27. The lowest BCUT2D eigenvalue weighted by molar-refractivity contribution is 0.318. The molecule has 0 aromatic heterocycles. The van der Waals surface area contributed by atoms with Gasteiger partial charge in [0.05, 0.1) is 5.69 Å². The Morgan fingerprint density at radius 2 is 2.10 bits per heavy atom. The largest absolute Gasteiger partial charge is 0.409 e. The summed E-state index contributed by atoms with van der Waals surface area (Å²) < 4.78 is 0. The second-order valence-corrected chi connectivity index (χ2v) is 6.38. The van der Waals surface area contributed by atoms with E-state index in [1.807, 2.05) is 12.1 Å². The smallest absolute Gasteiger partial charge is 0.172 e. The molecule has 1 fully saturated rings. The molecule has 1 aliphatic heterocycles. The van der Waals surface area contributed by atoms with Crippen molar-refractivity contribution in [2.24, 2.45) is 22.7 Å². The van der Waals surface area contributed by atoms with Gasteiger partial charge in [0.25, 0.3) is 0 Å². The van der Waals surface area contributed by atoms with Crippen LogP contribution in [0.4, 0.5) is 5.69 Å². The molecule has 4 nitrogen and oxygen atoms in total. The fourth-order valence-electron chi connectivity index (χ4n) is 3.35. The first-order valence-corrected chi connectivity index (χ1v) is 7.87. The monoisotopic (exact) mass is 289 g/mol. The third-order valence-corrected chi connectivity index (χ3v) is 4.65. The maximum absolute atomic E-state index is 9.02. The van der Waals surface area contributed by atoms with Gasteiger partial charge in [-0.2, -0.15) is 0 Å². The van der Waals surface area contributed by atoms with Gasteiger partial charge in [-0.3, -0.25) is 0 Å². The van der Waals surface area contributed by atoms with Crippen molar-refractivity contribution < 1.29 is 5.21 Å². The Hall–Kier alpha value is -1.71. The van der Waals surface area contributed by atoms with Crippen LogP contribution in [0.1, 0.15) is 44.2 Å². The van der Waals surface area contributed by atoms with Gasteiger partial charge in [-0.1, -0.05) is 31.1 Å². The number of nitrogens with two attached hydrogens (primary N) is 1. The first-order chi connectivity index (χ1) is 10.0. The van der Waals surface area contributed by atoms with Crippen LogP contribution in [-0.4, -0.2) is 24.1 Å². The van der Waals surface area contributed by atoms with E-state index in [0.29, 0.717) is 0 Å². The highest BCUT2D eigenvalue weighted by molar-refractivity contribution is 6.02. The van der Waals surface area contributed by atoms with Crippen molar-refractivity contribution in [1.29, 1.82) is 0 Å². The Balaban J connectivity index is 2.29. The Morgan fingerprint density at radius 3 is 2.76 bits per heavy atom. The number of rotatable bonds is 3. The number of nitrogens with zero attached hydrogens (tertiary/aromatic N) is 2. The summed E-state index contributed by atoms with van der Waals surface area (Å²) in [6.07, 6.45) is 3.70. The molecule has 4 heteroatoms. The molecule has 0 radical (unpaired) electrons.